The Labute approximate surface area is 174 Å². The van der Waals surface area contributed by atoms with Gasteiger partial charge in [0.1, 0.15) is 5.82 Å². The molecule has 156 valence electrons. The Morgan fingerprint density at radius 2 is 1.79 bits per heavy atom. The molecule has 0 aliphatic carbocycles. The van der Waals surface area contributed by atoms with Gasteiger partial charge in [-0.3, -0.25) is 14.6 Å². The first-order chi connectivity index (χ1) is 14.1. The van der Waals surface area contributed by atoms with E-state index in [1.165, 1.54) is 5.56 Å². The fraction of sp³-hybridized carbons (Fsp3) is 0.565. The molecule has 4 rings (SSSR count). The number of piperazine rings is 1. The van der Waals surface area contributed by atoms with Gasteiger partial charge in [0.25, 0.3) is 0 Å². The second-order valence-electron chi connectivity index (χ2n) is 8.53. The minimum Gasteiger partial charge on any atom is -0.333 e. The highest BCUT2D eigenvalue weighted by atomic mass is 16.2. The van der Waals surface area contributed by atoms with E-state index in [0.29, 0.717) is 12.5 Å². The predicted octanol–water partition coefficient (Wildman–Crippen LogP) is 2.60. The molecule has 1 amide bonds. The van der Waals surface area contributed by atoms with Crippen LogP contribution in [-0.2, 0) is 17.8 Å². The third-order valence-corrected chi connectivity index (χ3v) is 6.16. The minimum absolute atomic E-state index is 0.241. The Morgan fingerprint density at radius 3 is 2.59 bits per heavy atom. The fourth-order valence-electron chi connectivity index (χ4n) is 4.50. The number of para-hydroxylation sites is 1. The largest absolute Gasteiger partial charge is 0.333 e. The number of nitrogens with zero attached hydrogens (tertiary/aromatic N) is 5. The van der Waals surface area contributed by atoms with Crippen LogP contribution in [0.25, 0.3) is 0 Å². The van der Waals surface area contributed by atoms with Crippen LogP contribution in [0.5, 0.6) is 0 Å². The van der Waals surface area contributed by atoms with E-state index in [-0.39, 0.29) is 5.91 Å². The number of amides is 1. The SMILES string of the molecule is CC(C)c1nccn1CCN1CCN(CC(=O)N2CCCc3ccccc32)CC1. The lowest BCUT2D eigenvalue weighted by molar-refractivity contribution is -0.120. The maximum Gasteiger partial charge on any atom is 0.241 e. The van der Waals surface area contributed by atoms with Gasteiger partial charge in [0, 0.05) is 69.8 Å². The van der Waals surface area contributed by atoms with Crippen LogP contribution in [0.15, 0.2) is 36.7 Å². The van der Waals surface area contributed by atoms with E-state index < -0.39 is 0 Å². The van der Waals surface area contributed by atoms with Crippen molar-refractivity contribution in [2.75, 3.05) is 50.7 Å². The first-order valence-electron chi connectivity index (χ1n) is 11.0. The van der Waals surface area contributed by atoms with E-state index in [4.69, 9.17) is 0 Å². The molecule has 0 unspecified atom stereocenters. The molecule has 29 heavy (non-hydrogen) atoms. The number of aryl methyl sites for hydroxylation is 1. The molecule has 1 aromatic heterocycles. The summed E-state index contributed by atoms with van der Waals surface area (Å²) >= 11 is 0. The highest BCUT2D eigenvalue weighted by molar-refractivity contribution is 5.95. The van der Waals surface area contributed by atoms with E-state index in [0.717, 1.165) is 70.2 Å². The fourth-order valence-corrected chi connectivity index (χ4v) is 4.50. The Bertz CT molecular complexity index is 822. The third kappa shape index (κ3) is 4.70. The lowest BCUT2D eigenvalue weighted by Crippen LogP contribution is -2.51. The van der Waals surface area contributed by atoms with Gasteiger partial charge >= 0.3 is 0 Å². The van der Waals surface area contributed by atoms with Gasteiger partial charge in [0.15, 0.2) is 0 Å². The summed E-state index contributed by atoms with van der Waals surface area (Å²) in [5.41, 5.74) is 2.42. The van der Waals surface area contributed by atoms with Crippen LogP contribution < -0.4 is 4.90 Å². The van der Waals surface area contributed by atoms with Crippen molar-refractivity contribution in [2.24, 2.45) is 0 Å². The van der Waals surface area contributed by atoms with Gasteiger partial charge in [-0.15, -0.1) is 0 Å². The number of carbonyl (C=O) groups is 1. The zero-order valence-corrected chi connectivity index (χ0v) is 17.8. The molecular formula is C23H33N5O. The summed E-state index contributed by atoms with van der Waals surface area (Å²) in [6.07, 6.45) is 6.12. The molecule has 0 spiro atoms. The van der Waals surface area contributed by atoms with Gasteiger partial charge in [0.05, 0.1) is 6.54 Å². The predicted molar refractivity (Wildman–Crippen MR) is 116 cm³/mol. The number of rotatable bonds is 6. The standard InChI is InChI=1S/C23H33N5O/c1-19(2)23-24-9-11-27(23)17-16-25-12-14-26(15-13-25)18-22(29)28-10-5-7-20-6-3-4-8-21(20)28/h3-4,6,8-9,11,19H,5,7,10,12-18H2,1-2H3. The number of hydrogen-bond donors (Lipinski definition) is 0. The number of imidazole rings is 1. The summed E-state index contributed by atoms with van der Waals surface area (Å²) in [5.74, 6) is 1.86. The quantitative estimate of drug-likeness (QED) is 0.754. The van der Waals surface area contributed by atoms with Gasteiger partial charge in [-0.05, 0) is 24.5 Å². The topological polar surface area (TPSA) is 44.6 Å². The zero-order chi connectivity index (χ0) is 20.2. The van der Waals surface area contributed by atoms with Gasteiger partial charge in [-0.25, -0.2) is 4.98 Å². The first kappa shape index (κ1) is 20.1. The van der Waals surface area contributed by atoms with Gasteiger partial charge in [-0.1, -0.05) is 32.0 Å². The van der Waals surface area contributed by atoms with E-state index in [1.807, 2.05) is 17.2 Å². The Kier molecular flexibility index (Phi) is 6.31. The second-order valence-corrected chi connectivity index (χ2v) is 8.53. The van der Waals surface area contributed by atoms with E-state index in [9.17, 15) is 4.79 Å². The van der Waals surface area contributed by atoms with E-state index in [2.05, 4.69) is 57.6 Å². The average molecular weight is 396 g/mol. The van der Waals surface area contributed by atoms with Crippen molar-refractivity contribution in [2.45, 2.75) is 39.2 Å². The molecule has 3 heterocycles. The van der Waals surface area contributed by atoms with Crippen molar-refractivity contribution < 1.29 is 4.79 Å². The summed E-state index contributed by atoms with van der Waals surface area (Å²) in [4.78, 5) is 24.2. The normalized spacial score (nSPS) is 18.2. The van der Waals surface area contributed by atoms with Crippen LogP contribution in [0.3, 0.4) is 0 Å². The molecule has 6 nitrogen and oxygen atoms in total. The molecular weight excluding hydrogens is 362 g/mol. The van der Waals surface area contributed by atoms with E-state index >= 15 is 0 Å². The number of anilines is 1. The van der Waals surface area contributed by atoms with E-state index in [1.54, 1.807) is 0 Å². The molecule has 0 atom stereocenters. The van der Waals surface area contributed by atoms with Crippen LogP contribution in [0.1, 0.15) is 37.6 Å². The smallest absolute Gasteiger partial charge is 0.241 e. The van der Waals surface area contributed by atoms with Gasteiger partial charge in [-0.2, -0.15) is 0 Å². The molecule has 0 radical (unpaired) electrons. The highest BCUT2D eigenvalue weighted by Crippen LogP contribution is 2.26. The molecule has 2 aliphatic heterocycles. The Morgan fingerprint density at radius 1 is 1.03 bits per heavy atom. The van der Waals surface area contributed by atoms with Crippen molar-refractivity contribution in [3.05, 3.63) is 48.0 Å². The number of fused-ring (bicyclic) bond motifs is 1. The molecule has 1 aromatic carbocycles. The number of benzene rings is 1. The number of carbonyl (C=O) groups excluding carboxylic acids is 1. The summed E-state index contributed by atoms with van der Waals surface area (Å²) < 4.78 is 2.27. The average Bonchev–Trinajstić information content (AvgIpc) is 3.22. The molecule has 1 saturated heterocycles. The summed E-state index contributed by atoms with van der Waals surface area (Å²) in [6, 6.07) is 8.35. The maximum atomic E-state index is 13.0. The monoisotopic (exact) mass is 395 g/mol. The molecule has 0 saturated carbocycles. The maximum absolute atomic E-state index is 13.0. The van der Waals surface area contributed by atoms with Crippen molar-refractivity contribution in [1.29, 1.82) is 0 Å². The lowest BCUT2D eigenvalue weighted by Gasteiger charge is -2.36. The lowest BCUT2D eigenvalue weighted by atomic mass is 10.0. The first-order valence-corrected chi connectivity index (χ1v) is 11.0. The Hall–Kier alpha value is -2.18. The number of aromatic nitrogens is 2. The van der Waals surface area contributed by atoms with Crippen molar-refractivity contribution in [3.63, 3.8) is 0 Å². The minimum atomic E-state index is 0.241. The van der Waals surface area contributed by atoms with Crippen molar-refractivity contribution >= 4 is 11.6 Å². The molecule has 2 aromatic rings. The molecule has 0 bridgehead atoms. The van der Waals surface area contributed by atoms with Crippen LogP contribution in [0.2, 0.25) is 0 Å². The zero-order valence-electron chi connectivity index (χ0n) is 17.8. The highest BCUT2D eigenvalue weighted by Gasteiger charge is 2.25. The summed E-state index contributed by atoms with van der Waals surface area (Å²) in [6.45, 7) is 11.7. The van der Waals surface area contributed by atoms with Gasteiger partial charge < -0.3 is 9.47 Å². The molecule has 2 aliphatic rings. The van der Waals surface area contributed by atoms with Crippen LogP contribution in [-0.4, -0.2) is 71.1 Å². The number of hydrogen-bond acceptors (Lipinski definition) is 4. The molecule has 1 fully saturated rings. The summed E-state index contributed by atoms with van der Waals surface area (Å²) in [5, 5.41) is 0. The van der Waals surface area contributed by atoms with Crippen LogP contribution >= 0.6 is 0 Å². The van der Waals surface area contributed by atoms with Crippen molar-refractivity contribution in [1.82, 2.24) is 19.4 Å². The Balaban J connectivity index is 1.25. The molecule has 6 heteroatoms. The second kappa shape index (κ2) is 9.09. The third-order valence-electron chi connectivity index (χ3n) is 6.16. The van der Waals surface area contributed by atoms with Crippen LogP contribution in [0.4, 0.5) is 5.69 Å². The summed E-state index contributed by atoms with van der Waals surface area (Å²) in [7, 11) is 0. The van der Waals surface area contributed by atoms with Gasteiger partial charge in [0.2, 0.25) is 5.91 Å². The molecule has 0 N–H and O–H groups in total. The van der Waals surface area contributed by atoms with Crippen LogP contribution in [0, 0.1) is 0 Å². The van der Waals surface area contributed by atoms with Crippen molar-refractivity contribution in [3.8, 4) is 0 Å².